The second-order valence-corrected chi connectivity index (χ2v) is 7.97. The Morgan fingerprint density at radius 2 is 1.87 bits per heavy atom. The molecule has 4 nitrogen and oxygen atoms in total. The molecule has 1 N–H and O–H groups in total. The topological polar surface area (TPSA) is 52.9 Å². The number of hydrogen-bond donors (Lipinski definition) is 1. The molecule has 1 fully saturated rings. The Morgan fingerprint density at radius 3 is 2.50 bits per heavy atom. The van der Waals surface area contributed by atoms with Crippen LogP contribution in [0.1, 0.15) is 46.8 Å². The number of aryl methyl sites for hydroxylation is 1. The fourth-order valence-electron chi connectivity index (χ4n) is 4.01. The highest BCUT2D eigenvalue weighted by Crippen LogP contribution is 2.29. The first-order chi connectivity index (χ1) is 14.5. The Bertz CT molecular complexity index is 952. The van der Waals surface area contributed by atoms with E-state index in [1.165, 1.54) is 0 Å². The van der Waals surface area contributed by atoms with Crippen molar-refractivity contribution in [1.82, 2.24) is 4.90 Å². The minimum absolute atomic E-state index is 0.00562. The van der Waals surface area contributed by atoms with Crippen LogP contribution in [0, 0.1) is 6.92 Å². The predicted octanol–water partition coefficient (Wildman–Crippen LogP) is 4.82. The molecule has 1 aliphatic rings. The van der Waals surface area contributed by atoms with Crippen LogP contribution in [0.2, 0.25) is 0 Å². The number of carbonyl (C=O) groups excluding carboxylic acids is 1. The zero-order valence-corrected chi connectivity index (χ0v) is 17.8. The molecule has 0 atom stereocenters. The zero-order valence-electron chi connectivity index (χ0n) is 17.8. The number of aliphatic imine (C=N–C) groups is 1. The summed E-state index contributed by atoms with van der Waals surface area (Å²) in [6, 6.07) is 15.9. The van der Waals surface area contributed by atoms with E-state index in [4.69, 9.17) is 0 Å². The van der Waals surface area contributed by atoms with Crippen molar-refractivity contribution < 1.29 is 9.90 Å². The third kappa shape index (κ3) is 5.14. The second kappa shape index (κ2) is 9.68. The first-order valence-corrected chi connectivity index (χ1v) is 10.4. The van der Waals surface area contributed by atoms with Crippen LogP contribution < -0.4 is 0 Å². The molecule has 1 aliphatic heterocycles. The van der Waals surface area contributed by atoms with Crippen molar-refractivity contribution in [3.05, 3.63) is 89.1 Å². The number of rotatable bonds is 6. The zero-order chi connectivity index (χ0) is 21.6. The molecule has 0 aliphatic carbocycles. The standard InChI is InChI=1S/C26H30N2O2/c1-4-22(12-15-27-3)24-18-20(2)10-11-23(24)25(29)28-16-13-26(30,14-17-28)19-21-8-6-5-7-9-21/h4-12,15,18,30H,3,13-14,16-17,19H2,1-2H3/b15-12-,22-4+. The van der Waals surface area contributed by atoms with Crippen molar-refractivity contribution in [2.24, 2.45) is 4.99 Å². The van der Waals surface area contributed by atoms with Crippen molar-refractivity contribution in [2.45, 2.75) is 38.7 Å². The van der Waals surface area contributed by atoms with Crippen molar-refractivity contribution in [3.8, 4) is 0 Å². The average Bonchev–Trinajstić information content (AvgIpc) is 2.75. The van der Waals surface area contributed by atoms with Crippen molar-refractivity contribution in [3.63, 3.8) is 0 Å². The molecule has 0 unspecified atom stereocenters. The fraction of sp³-hybridized carbons (Fsp3) is 0.308. The van der Waals surface area contributed by atoms with Gasteiger partial charge in [-0.25, -0.2) is 0 Å². The summed E-state index contributed by atoms with van der Waals surface area (Å²) in [6.07, 6.45) is 7.25. The second-order valence-electron chi connectivity index (χ2n) is 7.97. The molecule has 2 aromatic carbocycles. The third-order valence-corrected chi connectivity index (χ3v) is 5.74. The van der Waals surface area contributed by atoms with Gasteiger partial charge in [0.1, 0.15) is 0 Å². The van der Waals surface area contributed by atoms with E-state index in [0.29, 0.717) is 37.9 Å². The average molecular weight is 403 g/mol. The van der Waals surface area contributed by atoms with Crippen LogP contribution in [0.4, 0.5) is 0 Å². The number of carbonyl (C=O) groups is 1. The quantitative estimate of drug-likeness (QED) is 0.556. The summed E-state index contributed by atoms with van der Waals surface area (Å²) >= 11 is 0. The van der Waals surface area contributed by atoms with E-state index in [1.807, 2.05) is 79.4 Å². The number of nitrogens with zero attached hydrogens (tertiary/aromatic N) is 2. The van der Waals surface area contributed by atoms with E-state index in [-0.39, 0.29) is 5.91 Å². The molecule has 0 bridgehead atoms. The SMILES string of the molecule is C=N/C=C\C(=C/C)c1cc(C)ccc1C(=O)N1CCC(O)(Cc2ccccc2)CC1. The van der Waals surface area contributed by atoms with Gasteiger partial charge in [-0.2, -0.15) is 0 Å². The van der Waals surface area contributed by atoms with E-state index in [2.05, 4.69) is 11.7 Å². The Morgan fingerprint density at radius 1 is 1.17 bits per heavy atom. The van der Waals surface area contributed by atoms with Gasteiger partial charge in [0.05, 0.1) is 5.60 Å². The maximum Gasteiger partial charge on any atom is 0.254 e. The summed E-state index contributed by atoms with van der Waals surface area (Å²) in [5, 5.41) is 11.0. The van der Waals surface area contributed by atoms with Gasteiger partial charge in [-0.05, 0) is 62.2 Å². The molecule has 0 aromatic heterocycles. The lowest BCUT2D eigenvalue weighted by Crippen LogP contribution is -2.47. The molecular weight excluding hydrogens is 372 g/mol. The van der Waals surface area contributed by atoms with Gasteiger partial charge in [-0.1, -0.05) is 54.1 Å². The largest absolute Gasteiger partial charge is 0.389 e. The molecule has 0 spiro atoms. The fourth-order valence-corrected chi connectivity index (χ4v) is 4.01. The predicted molar refractivity (Wildman–Crippen MR) is 124 cm³/mol. The summed E-state index contributed by atoms with van der Waals surface area (Å²) in [5.41, 5.74) is 3.97. The Balaban J connectivity index is 1.77. The third-order valence-electron chi connectivity index (χ3n) is 5.74. The monoisotopic (exact) mass is 402 g/mol. The molecule has 0 saturated carbocycles. The lowest BCUT2D eigenvalue weighted by Gasteiger charge is -2.38. The smallest absolute Gasteiger partial charge is 0.254 e. The number of amides is 1. The molecule has 156 valence electrons. The highest BCUT2D eigenvalue weighted by atomic mass is 16.3. The molecule has 3 rings (SSSR count). The molecule has 0 radical (unpaired) electrons. The minimum atomic E-state index is -0.763. The van der Waals surface area contributed by atoms with Crippen LogP contribution >= 0.6 is 0 Å². The summed E-state index contributed by atoms with van der Waals surface area (Å²) in [5.74, 6) is 0.00562. The van der Waals surface area contributed by atoms with E-state index in [1.54, 1.807) is 6.20 Å². The van der Waals surface area contributed by atoms with Gasteiger partial charge < -0.3 is 10.0 Å². The van der Waals surface area contributed by atoms with Gasteiger partial charge >= 0.3 is 0 Å². The van der Waals surface area contributed by atoms with Crippen LogP contribution in [0.5, 0.6) is 0 Å². The Hall–Kier alpha value is -2.98. The van der Waals surface area contributed by atoms with Gasteiger partial charge in [0.2, 0.25) is 0 Å². The molecule has 2 aromatic rings. The normalized spacial score (nSPS) is 16.6. The Labute approximate surface area is 179 Å². The highest BCUT2D eigenvalue weighted by Gasteiger charge is 2.34. The van der Waals surface area contributed by atoms with Crippen LogP contribution in [0.3, 0.4) is 0 Å². The lowest BCUT2D eigenvalue weighted by atomic mass is 9.85. The van der Waals surface area contributed by atoms with Gasteiger partial charge in [0.25, 0.3) is 5.91 Å². The molecule has 1 heterocycles. The Kier molecular flexibility index (Phi) is 7.01. The molecule has 1 amide bonds. The van der Waals surface area contributed by atoms with E-state index < -0.39 is 5.60 Å². The summed E-state index contributed by atoms with van der Waals surface area (Å²) in [7, 11) is 0. The number of piperidine rings is 1. The van der Waals surface area contributed by atoms with Crippen LogP contribution in [-0.4, -0.2) is 41.3 Å². The summed E-state index contributed by atoms with van der Waals surface area (Å²) < 4.78 is 0. The van der Waals surface area contributed by atoms with Gasteiger partial charge in [-0.3, -0.25) is 9.79 Å². The molecule has 1 saturated heterocycles. The van der Waals surface area contributed by atoms with Crippen molar-refractivity contribution in [2.75, 3.05) is 13.1 Å². The first kappa shape index (κ1) is 21.7. The minimum Gasteiger partial charge on any atom is -0.389 e. The van der Waals surface area contributed by atoms with Gasteiger partial charge in [0, 0.05) is 31.3 Å². The summed E-state index contributed by atoms with van der Waals surface area (Å²) in [4.78, 5) is 19.0. The van der Waals surface area contributed by atoms with Crippen molar-refractivity contribution in [1.29, 1.82) is 0 Å². The maximum atomic E-state index is 13.4. The molecule has 30 heavy (non-hydrogen) atoms. The number of aliphatic hydroxyl groups is 1. The number of allylic oxidation sites excluding steroid dienone is 3. The highest BCUT2D eigenvalue weighted by molar-refractivity contribution is 6.00. The van der Waals surface area contributed by atoms with Crippen molar-refractivity contribution >= 4 is 18.2 Å². The van der Waals surface area contributed by atoms with E-state index >= 15 is 0 Å². The molecular formula is C26H30N2O2. The lowest BCUT2D eigenvalue weighted by molar-refractivity contribution is -0.0162. The maximum absolute atomic E-state index is 13.4. The van der Waals surface area contributed by atoms with Crippen LogP contribution in [0.25, 0.3) is 5.57 Å². The first-order valence-electron chi connectivity index (χ1n) is 10.4. The number of likely N-dealkylation sites (tertiary alicyclic amines) is 1. The summed E-state index contributed by atoms with van der Waals surface area (Å²) in [6.45, 7) is 8.55. The number of hydrogen-bond acceptors (Lipinski definition) is 3. The molecule has 4 heteroatoms. The van der Waals surface area contributed by atoms with Crippen LogP contribution in [0.15, 0.2) is 71.9 Å². The van der Waals surface area contributed by atoms with Crippen LogP contribution in [-0.2, 0) is 6.42 Å². The number of benzene rings is 2. The van der Waals surface area contributed by atoms with Gasteiger partial charge in [-0.15, -0.1) is 0 Å². The van der Waals surface area contributed by atoms with E-state index in [9.17, 15) is 9.90 Å². The van der Waals surface area contributed by atoms with Gasteiger partial charge in [0.15, 0.2) is 0 Å². The van der Waals surface area contributed by atoms with E-state index in [0.717, 1.165) is 22.3 Å².